The van der Waals surface area contributed by atoms with E-state index < -0.39 is 0 Å². The number of aliphatic imine (C=N–C) groups is 1. The molecule has 0 saturated carbocycles. The van der Waals surface area contributed by atoms with Crippen LogP contribution in [0.4, 0.5) is 17.3 Å². The van der Waals surface area contributed by atoms with E-state index in [2.05, 4.69) is 36.4 Å². The van der Waals surface area contributed by atoms with Crippen molar-refractivity contribution in [3.63, 3.8) is 0 Å². The van der Waals surface area contributed by atoms with Gasteiger partial charge in [0, 0.05) is 27.1 Å². The number of aromatic nitrogens is 3. The van der Waals surface area contributed by atoms with Crippen molar-refractivity contribution < 1.29 is 4.42 Å². The molecular formula is C27H18BrN5OS. The highest BCUT2D eigenvalue weighted by atomic mass is 79.9. The number of benzene rings is 3. The molecule has 3 aromatic carbocycles. The first-order valence-corrected chi connectivity index (χ1v) is 12.6. The van der Waals surface area contributed by atoms with Gasteiger partial charge >= 0.3 is 0 Å². The van der Waals surface area contributed by atoms with Crippen molar-refractivity contribution >= 4 is 61.8 Å². The minimum absolute atomic E-state index is 0.557. The molecule has 3 aromatic heterocycles. The fraction of sp³-hybridized carbons (Fsp3) is 0. The van der Waals surface area contributed by atoms with Gasteiger partial charge < -0.3 is 9.73 Å². The zero-order valence-electron chi connectivity index (χ0n) is 18.3. The Morgan fingerprint density at radius 3 is 2.60 bits per heavy atom. The van der Waals surface area contributed by atoms with Crippen LogP contribution >= 0.6 is 27.3 Å². The minimum Gasteiger partial charge on any atom is -0.454 e. The van der Waals surface area contributed by atoms with Gasteiger partial charge in [-0.1, -0.05) is 64.5 Å². The number of nitrogens with one attached hydrogen (secondary N) is 2. The van der Waals surface area contributed by atoms with Crippen LogP contribution in [0.3, 0.4) is 0 Å². The zero-order valence-corrected chi connectivity index (χ0v) is 20.7. The van der Waals surface area contributed by atoms with Gasteiger partial charge in [-0.25, -0.2) is 9.98 Å². The summed E-state index contributed by atoms with van der Waals surface area (Å²) in [5.41, 5.74) is 4.32. The lowest BCUT2D eigenvalue weighted by atomic mass is 10.2. The molecule has 6 aromatic rings. The highest BCUT2D eigenvalue weighted by Gasteiger charge is 2.20. The Bertz CT molecular complexity index is 1640. The molecule has 170 valence electrons. The third kappa shape index (κ3) is 4.53. The second-order valence-electron chi connectivity index (χ2n) is 7.79. The van der Waals surface area contributed by atoms with Crippen LogP contribution in [0.1, 0.15) is 5.56 Å². The SMILES string of the molecule is Brc1ccc2oc(-c3csc(-c4c(N=Cc5ccccc5)n[nH]c4Nc4ccccc4)n3)cc2c1. The maximum atomic E-state index is 6.06. The lowest BCUT2D eigenvalue weighted by Gasteiger charge is -2.05. The Morgan fingerprint density at radius 1 is 0.971 bits per heavy atom. The fourth-order valence-corrected chi connectivity index (χ4v) is 4.93. The molecule has 6 nitrogen and oxygen atoms in total. The predicted molar refractivity (Wildman–Crippen MR) is 146 cm³/mol. The van der Waals surface area contributed by atoms with Crippen LogP contribution in [0.25, 0.3) is 33.0 Å². The molecule has 6 rings (SSSR count). The van der Waals surface area contributed by atoms with Crippen molar-refractivity contribution in [3.8, 4) is 22.0 Å². The summed E-state index contributed by atoms with van der Waals surface area (Å²) in [5.74, 6) is 2.00. The number of hydrogen-bond donors (Lipinski definition) is 2. The smallest absolute Gasteiger partial charge is 0.186 e. The number of para-hydroxylation sites is 1. The number of nitrogens with zero attached hydrogens (tertiary/aromatic N) is 3. The van der Waals surface area contributed by atoms with Crippen molar-refractivity contribution in [2.75, 3.05) is 5.32 Å². The van der Waals surface area contributed by atoms with E-state index in [0.29, 0.717) is 5.82 Å². The quantitative estimate of drug-likeness (QED) is 0.209. The Morgan fingerprint density at radius 2 is 1.77 bits per heavy atom. The van der Waals surface area contributed by atoms with Crippen LogP contribution in [0, 0.1) is 0 Å². The normalized spacial score (nSPS) is 11.5. The van der Waals surface area contributed by atoms with Gasteiger partial charge in [-0.2, -0.15) is 5.10 Å². The van der Waals surface area contributed by atoms with Crippen LogP contribution in [0.2, 0.25) is 0 Å². The number of anilines is 2. The predicted octanol–water partition coefficient (Wildman–Crippen LogP) is 8.20. The first kappa shape index (κ1) is 21.5. The third-order valence-corrected chi connectivity index (χ3v) is 6.73. The van der Waals surface area contributed by atoms with Crippen LogP contribution in [0.15, 0.2) is 104 Å². The second-order valence-corrected chi connectivity index (χ2v) is 9.56. The number of thiazole rings is 1. The largest absolute Gasteiger partial charge is 0.454 e. The summed E-state index contributed by atoms with van der Waals surface area (Å²) in [6.45, 7) is 0. The van der Waals surface area contributed by atoms with Crippen molar-refractivity contribution in [2.45, 2.75) is 0 Å². The Kier molecular flexibility index (Phi) is 5.73. The van der Waals surface area contributed by atoms with Crippen molar-refractivity contribution in [2.24, 2.45) is 4.99 Å². The van der Waals surface area contributed by atoms with Crippen molar-refractivity contribution in [1.29, 1.82) is 0 Å². The van der Waals surface area contributed by atoms with E-state index in [9.17, 15) is 0 Å². The first-order valence-electron chi connectivity index (χ1n) is 10.9. The van der Waals surface area contributed by atoms with Gasteiger partial charge in [0.1, 0.15) is 22.1 Å². The molecule has 0 atom stereocenters. The molecule has 2 N–H and O–H groups in total. The lowest BCUT2D eigenvalue weighted by Crippen LogP contribution is -1.92. The van der Waals surface area contributed by atoms with Gasteiger partial charge in [-0.05, 0) is 42.0 Å². The zero-order chi connectivity index (χ0) is 23.6. The lowest BCUT2D eigenvalue weighted by molar-refractivity contribution is 0.629. The molecule has 0 radical (unpaired) electrons. The maximum absolute atomic E-state index is 6.06. The molecule has 0 aliphatic carbocycles. The number of fused-ring (bicyclic) bond motifs is 1. The van der Waals surface area contributed by atoms with E-state index in [0.717, 1.165) is 54.5 Å². The van der Waals surface area contributed by atoms with E-state index in [-0.39, 0.29) is 0 Å². The summed E-state index contributed by atoms with van der Waals surface area (Å²) in [5, 5.41) is 14.8. The molecule has 0 fully saturated rings. The minimum atomic E-state index is 0.557. The highest BCUT2D eigenvalue weighted by molar-refractivity contribution is 9.10. The van der Waals surface area contributed by atoms with Crippen LogP contribution in [-0.2, 0) is 0 Å². The number of furan rings is 1. The fourth-order valence-electron chi connectivity index (χ4n) is 3.70. The summed E-state index contributed by atoms with van der Waals surface area (Å²) >= 11 is 5.04. The van der Waals surface area contributed by atoms with Crippen molar-refractivity contribution in [3.05, 3.63) is 100 Å². The summed E-state index contributed by atoms with van der Waals surface area (Å²) < 4.78 is 7.06. The van der Waals surface area contributed by atoms with E-state index in [4.69, 9.17) is 9.40 Å². The van der Waals surface area contributed by atoms with E-state index in [1.165, 1.54) is 11.3 Å². The first-order chi connectivity index (χ1) is 17.2. The van der Waals surface area contributed by atoms with E-state index in [1.54, 1.807) is 6.21 Å². The summed E-state index contributed by atoms with van der Waals surface area (Å²) in [6.07, 6.45) is 1.80. The molecule has 8 heteroatoms. The molecule has 0 spiro atoms. The molecule has 0 aliphatic heterocycles. The van der Waals surface area contributed by atoms with Gasteiger partial charge in [0.05, 0.1) is 5.56 Å². The molecular weight excluding hydrogens is 522 g/mol. The monoisotopic (exact) mass is 539 g/mol. The van der Waals surface area contributed by atoms with Gasteiger partial charge in [-0.3, -0.25) is 5.10 Å². The Hall–Kier alpha value is -4.01. The average Bonchev–Trinajstić information content (AvgIpc) is 3.62. The number of H-pyrrole nitrogens is 1. The molecule has 0 bridgehead atoms. The molecule has 0 amide bonds. The summed E-state index contributed by atoms with van der Waals surface area (Å²) in [4.78, 5) is 9.57. The standard InChI is InChI=1S/C27H18BrN5OS/c28-19-11-12-22-18(13-19)14-23(34-22)21-16-35-27(31-21)24-25(29-15-17-7-3-1-4-8-17)32-33-26(24)30-20-9-5-2-6-10-20/h1-16H,(H2,30,32,33). The molecule has 0 aliphatic rings. The van der Waals surface area contributed by atoms with Gasteiger partial charge in [0.15, 0.2) is 11.6 Å². The van der Waals surface area contributed by atoms with Gasteiger partial charge in [0.25, 0.3) is 0 Å². The second kappa shape index (κ2) is 9.32. The summed E-state index contributed by atoms with van der Waals surface area (Å²) in [7, 11) is 0. The molecule has 0 saturated heterocycles. The average molecular weight is 540 g/mol. The van der Waals surface area contributed by atoms with Gasteiger partial charge in [-0.15, -0.1) is 11.3 Å². The van der Waals surface area contributed by atoms with Crippen molar-refractivity contribution in [1.82, 2.24) is 15.2 Å². The number of halogens is 1. The van der Waals surface area contributed by atoms with Crippen LogP contribution in [-0.4, -0.2) is 21.4 Å². The molecule has 3 heterocycles. The maximum Gasteiger partial charge on any atom is 0.186 e. The third-order valence-electron chi connectivity index (χ3n) is 5.37. The molecule has 0 unspecified atom stereocenters. The molecule has 35 heavy (non-hydrogen) atoms. The van der Waals surface area contributed by atoms with E-state index >= 15 is 0 Å². The highest BCUT2D eigenvalue weighted by Crippen LogP contribution is 2.40. The van der Waals surface area contributed by atoms with Crippen LogP contribution in [0.5, 0.6) is 0 Å². The number of hydrogen-bond acceptors (Lipinski definition) is 6. The Labute approximate surface area is 213 Å². The Balaban J connectivity index is 1.40. The number of rotatable bonds is 6. The summed E-state index contributed by atoms with van der Waals surface area (Å²) in [6, 6.07) is 27.8. The topological polar surface area (TPSA) is 79.1 Å². The van der Waals surface area contributed by atoms with Gasteiger partial charge in [0.2, 0.25) is 0 Å². The van der Waals surface area contributed by atoms with Crippen LogP contribution < -0.4 is 5.32 Å². The number of aromatic amines is 1. The van der Waals surface area contributed by atoms with E-state index in [1.807, 2.05) is 90.3 Å².